The third kappa shape index (κ3) is 65.6. The number of carbonyl (C=O) groups excluding carboxylic acids is 2. The van der Waals surface area contributed by atoms with Crippen LogP contribution in [-0.4, -0.2) is 41.0 Å². The van der Waals surface area contributed by atoms with Crippen molar-refractivity contribution in [3.8, 4) is 0 Å². The van der Waals surface area contributed by atoms with Crippen molar-refractivity contribution in [2.45, 2.75) is 405 Å². The van der Waals surface area contributed by atoms with Crippen LogP contribution in [0.1, 0.15) is 399 Å². The van der Waals surface area contributed by atoms with E-state index in [9.17, 15) is 23.9 Å². The van der Waals surface area contributed by atoms with Gasteiger partial charge in [0.25, 0.3) is 0 Å². The number of unbranched alkanes of at least 4 members (excludes halogenated alkanes) is 56. The Morgan fingerprint density at radius 2 is 0.474 bits per heavy atom. The number of ether oxygens (including phenoxy) is 2. The van der Waals surface area contributed by atoms with Gasteiger partial charge in [-0.25, -0.2) is 4.57 Å². The number of rotatable bonds is 66. The Morgan fingerprint density at radius 3 is 0.671 bits per heavy atom. The van der Waals surface area contributed by atoms with E-state index in [1.54, 1.807) is 0 Å². The van der Waals surface area contributed by atoms with Crippen molar-refractivity contribution in [1.29, 1.82) is 0 Å². The zero-order valence-corrected chi connectivity index (χ0v) is 52.1. The first-order valence-electron chi connectivity index (χ1n) is 34.3. The number of esters is 2. The predicted octanol–water partition coefficient (Wildman–Crippen LogP) is 23.0. The Morgan fingerprint density at radius 1 is 0.289 bits per heavy atom. The molecular weight excluding hydrogens is 964 g/mol. The molecule has 76 heavy (non-hydrogen) atoms. The van der Waals surface area contributed by atoms with Crippen molar-refractivity contribution in [2.24, 2.45) is 0 Å². The number of hydrogen-bond donors (Lipinski definition) is 2. The summed E-state index contributed by atoms with van der Waals surface area (Å²) in [6.45, 7) is 3.79. The minimum absolute atomic E-state index is 0.222. The molecule has 0 aliphatic rings. The van der Waals surface area contributed by atoms with E-state index in [1.165, 1.54) is 334 Å². The third-order valence-corrected chi connectivity index (χ3v) is 16.6. The summed E-state index contributed by atoms with van der Waals surface area (Å²) in [5, 5.41) is 0. The first-order chi connectivity index (χ1) is 37.3. The molecule has 0 unspecified atom stereocenters. The second-order valence-electron chi connectivity index (χ2n) is 23.9. The van der Waals surface area contributed by atoms with E-state index in [2.05, 4.69) is 18.4 Å². The second-order valence-corrected chi connectivity index (χ2v) is 25.1. The van der Waals surface area contributed by atoms with Gasteiger partial charge in [-0.15, -0.1) is 0 Å². The lowest BCUT2D eigenvalue weighted by atomic mass is 10.0. The summed E-state index contributed by atoms with van der Waals surface area (Å²) in [4.78, 5) is 43.4. The van der Waals surface area contributed by atoms with Gasteiger partial charge in [0.1, 0.15) is 6.61 Å². The van der Waals surface area contributed by atoms with Crippen molar-refractivity contribution in [2.75, 3.05) is 13.2 Å². The number of hydrogen-bond acceptors (Lipinski definition) is 6. The molecule has 0 rings (SSSR count). The SMILES string of the molecule is CCCCCCCCCCCCCCCCCCCCCCCCCCCCCCCC(=O)OC[C@H](COP(=O)(O)O)OC(=O)CCCCCCCCCCCCCCCCCCCCCCCCCCCCCCC. The summed E-state index contributed by atoms with van der Waals surface area (Å²) in [6, 6.07) is 0. The van der Waals surface area contributed by atoms with Crippen LogP contribution >= 0.6 is 7.82 Å². The van der Waals surface area contributed by atoms with Crippen molar-refractivity contribution >= 4 is 19.8 Å². The highest BCUT2D eigenvalue weighted by atomic mass is 31.2. The maximum absolute atomic E-state index is 12.6. The molecule has 0 bridgehead atoms. The van der Waals surface area contributed by atoms with Gasteiger partial charge in [-0.2, -0.15) is 0 Å². The first-order valence-corrected chi connectivity index (χ1v) is 35.9. The molecule has 0 radical (unpaired) electrons. The topological polar surface area (TPSA) is 119 Å². The Balaban J connectivity index is 3.62. The van der Waals surface area contributed by atoms with Crippen LogP contribution in [0.4, 0.5) is 0 Å². The lowest BCUT2D eigenvalue weighted by Crippen LogP contribution is -2.29. The molecule has 0 amide bonds. The van der Waals surface area contributed by atoms with Crippen LogP contribution in [-0.2, 0) is 28.2 Å². The summed E-state index contributed by atoms with van der Waals surface area (Å²) < 4.78 is 26.7. The van der Waals surface area contributed by atoms with Gasteiger partial charge in [0.05, 0.1) is 6.61 Å². The summed E-state index contributed by atoms with van der Waals surface area (Å²) in [5.41, 5.74) is 0. The van der Waals surface area contributed by atoms with Crippen LogP contribution in [0.25, 0.3) is 0 Å². The van der Waals surface area contributed by atoms with Crippen LogP contribution < -0.4 is 0 Å². The van der Waals surface area contributed by atoms with Gasteiger partial charge in [0.15, 0.2) is 6.10 Å². The summed E-state index contributed by atoms with van der Waals surface area (Å²) in [7, 11) is -4.76. The smallest absolute Gasteiger partial charge is 0.462 e. The Bertz CT molecular complexity index is 1190. The summed E-state index contributed by atoms with van der Waals surface area (Å²) in [5.74, 6) is -0.852. The second kappa shape index (κ2) is 63.2. The van der Waals surface area contributed by atoms with Gasteiger partial charge >= 0.3 is 19.8 Å². The maximum atomic E-state index is 12.6. The van der Waals surface area contributed by atoms with Crippen LogP contribution in [0.15, 0.2) is 0 Å². The average Bonchev–Trinajstić information content (AvgIpc) is 3.40. The van der Waals surface area contributed by atoms with Gasteiger partial charge < -0.3 is 19.3 Å². The highest BCUT2D eigenvalue weighted by Crippen LogP contribution is 2.36. The van der Waals surface area contributed by atoms with Gasteiger partial charge in [-0.05, 0) is 12.8 Å². The van der Waals surface area contributed by atoms with Gasteiger partial charge in [-0.3, -0.25) is 14.1 Å². The lowest BCUT2D eigenvalue weighted by Gasteiger charge is -2.18. The molecule has 8 nitrogen and oxygen atoms in total. The first kappa shape index (κ1) is 75.0. The molecule has 0 heterocycles. The van der Waals surface area contributed by atoms with Gasteiger partial charge in [-0.1, -0.05) is 373 Å². The van der Waals surface area contributed by atoms with E-state index >= 15 is 0 Å². The van der Waals surface area contributed by atoms with E-state index < -0.39 is 32.5 Å². The fraction of sp³-hybridized carbons (Fsp3) is 0.970. The van der Waals surface area contributed by atoms with Crippen LogP contribution in [0, 0.1) is 0 Å². The molecule has 0 aliphatic carbocycles. The highest BCUT2D eigenvalue weighted by molar-refractivity contribution is 7.46. The largest absolute Gasteiger partial charge is 0.469 e. The van der Waals surface area contributed by atoms with E-state index in [4.69, 9.17) is 9.47 Å². The predicted molar refractivity (Wildman–Crippen MR) is 327 cm³/mol. The third-order valence-electron chi connectivity index (χ3n) is 16.1. The van der Waals surface area contributed by atoms with Crippen molar-refractivity contribution in [1.82, 2.24) is 0 Å². The fourth-order valence-electron chi connectivity index (χ4n) is 11.0. The van der Waals surface area contributed by atoms with Crippen LogP contribution in [0.5, 0.6) is 0 Å². The molecule has 0 fully saturated rings. The fourth-order valence-corrected chi connectivity index (χ4v) is 11.4. The molecule has 0 aliphatic heterocycles. The van der Waals surface area contributed by atoms with E-state index in [1.807, 2.05) is 0 Å². The molecule has 0 saturated carbocycles. The Kier molecular flexibility index (Phi) is 62.4. The van der Waals surface area contributed by atoms with Crippen molar-refractivity contribution in [3.05, 3.63) is 0 Å². The molecule has 0 spiro atoms. The van der Waals surface area contributed by atoms with E-state index in [0.29, 0.717) is 6.42 Å². The molecular formula is C67H133O8P. The molecule has 0 aromatic carbocycles. The van der Waals surface area contributed by atoms with Gasteiger partial charge in [0.2, 0.25) is 0 Å². The maximum Gasteiger partial charge on any atom is 0.469 e. The Hall–Kier alpha value is -0.950. The minimum Gasteiger partial charge on any atom is -0.462 e. The van der Waals surface area contributed by atoms with E-state index in [0.717, 1.165) is 32.1 Å². The molecule has 454 valence electrons. The van der Waals surface area contributed by atoms with Crippen LogP contribution in [0.3, 0.4) is 0 Å². The quantitative estimate of drug-likeness (QED) is 0.0351. The molecule has 1 atom stereocenters. The lowest BCUT2D eigenvalue weighted by molar-refractivity contribution is -0.161. The summed E-state index contributed by atoms with van der Waals surface area (Å²) >= 11 is 0. The zero-order chi connectivity index (χ0) is 55.2. The zero-order valence-electron chi connectivity index (χ0n) is 51.2. The number of phosphoric ester groups is 1. The standard InChI is InChI=1S/C67H133O8P/c1-3-5-7-9-11-13-15-17-19-21-23-25-27-29-31-33-35-37-39-41-43-45-47-49-51-53-55-57-59-61-66(68)73-63-65(64-74-76(70,71)72)75-67(69)62-60-58-56-54-52-50-48-46-44-42-40-38-36-34-32-30-28-26-24-22-20-18-16-14-12-10-8-6-4-2/h65H,3-64H2,1-2H3,(H2,70,71,72)/t65-/m1/s1. The van der Waals surface area contributed by atoms with E-state index in [-0.39, 0.29) is 19.4 Å². The average molecular weight is 1100 g/mol. The van der Waals surface area contributed by atoms with Crippen LogP contribution in [0.2, 0.25) is 0 Å². The van der Waals surface area contributed by atoms with Crippen molar-refractivity contribution in [3.63, 3.8) is 0 Å². The number of phosphoric acid groups is 1. The summed E-state index contributed by atoms with van der Waals surface area (Å²) in [6.07, 6.45) is 77.6. The monoisotopic (exact) mass is 1100 g/mol. The highest BCUT2D eigenvalue weighted by Gasteiger charge is 2.23. The van der Waals surface area contributed by atoms with Gasteiger partial charge in [0, 0.05) is 12.8 Å². The van der Waals surface area contributed by atoms with Crippen molar-refractivity contribution < 1.29 is 37.9 Å². The molecule has 9 heteroatoms. The molecule has 0 saturated heterocycles. The molecule has 2 N–H and O–H groups in total. The molecule has 0 aromatic heterocycles. The minimum atomic E-state index is -4.76. The number of carbonyl (C=O) groups is 2. The normalized spacial score (nSPS) is 12.2. The Labute approximate surface area is 474 Å². The molecule has 0 aromatic rings.